The van der Waals surface area contributed by atoms with E-state index in [1.54, 1.807) is 6.07 Å². The number of aromatic nitrogens is 1. The number of hydrogen-bond acceptors (Lipinski definition) is 1. The summed E-state index contributed by atoms with van der Waals surface area (Å²) in [6.07, 6.45) is 1.87. The molecule has 1 heterocycles. The van der Waals surface area contributed by atoms with Crippen molar-refractivity contribution in [3.8, 4) is 0 Å². The van der Waals surface area contributed by atoms with Crippen molar-refractivity contribution in [2.24, 2.45) is 5.92 Å². The van der Waals surface area contributed by atoms with Gasteiger partial charge in [0, 0.05) is 11.7 Å². The van der Waals surface area contributed by atoms with Crippen LogP contribution in [0.5, 0.6) is 0 Å². The van der Waals surface area contributed by atoms with Gasteiger partial charge in [0.05, 0.1) is 0 Å². The Morgan fingerprint density at radius 2 is 2.00 bits per heavy atom. The molecule has 16 heavy (non-hydrogen) atoms. The SMILES string of the molecule is CC[C@@H](C)n1c(CC(C)C)ccc1C(=O)O. The van der Waals surface area contributed by atoms with Crippen LogP contribution in [0, 0.1) is 5.92 Å². The zero-order chi connectivity index (χ0) is 12.3. The number of aromatic carboxylic acids is 1. The van der Waals surface area contributed by atoms with Crippen LogP contribution in [0.1, 0.15) is 56.3 Å². The third-order valence-electron chi connectivity index (χ3n) is 2.87. The summed E-state index contributed by atoms with van der Waals surface area (Å²) in [6, 6.07) is 3.90. The molecule has 0 saturated heterocycles. The minimum Gasteiger partial charge on any atom is -0.477 e. The minimum absolute atomic E-state index is 0.245. The van der Waals surface area contributed by atoms with E-state index in [4.69, 9.17) is 5.11 Å². The van der Waals surface area contributed by atoms with E-state index in [2.05, 4.69) is 27.7 Å². The van der Waals surface area contributed by atoms with E-state index < -0.39 is 5.97 Å². The molecule has 0 unspecified atom stereocenters. The van der Waals surface area contributed by atoms with Gasteiger partial charge in [-0.05, 0) is 37.8 Å². The Labute approximate surface area is 97.1 Å². The van der Waals surface area contributed by atoms with Gasteiger partial charge in [-0.3, -0.25) is 0 Å². The van der Waals surface area contributed by atoms with E-state index in [-0.39, 0.29) is 6.04 Å². The normalized spacial score (nSPS) is 13.1. The first kappa shape index (κ1) is 12.8. The second kappa shape index (κ2) is 5.19. The zero-order valence-corrected chi connectivity index (χ0v) is 10.5. The van der Waals surface area contributed by atoms with Gasteiger partial charge < -0.3 is 9.67 Å². The van der Waals surface area contributed by atoms with Gasteiger partial charge in [-0.1, -0.05) is 20.8 Å². The van der Waals surface area contributed by atoms with Gasteiger partial charge in [0.25, 0.3) is 0 Å². The van der Waals surface area contributed by atoms with Gasteiger partial charge in [0.15, 0.2) is 0 Å². The highest BCUT2D eigenvalue weighted by molar-refractivity contribution is 5.86. The van der Waals surface area contributed by atoms with Gasteiger partial charge >= 0.3 is 5.97 Å². The summed E-state index contributed by atoms with van der Waals surface area (Å²) in [4.78, 5) is 11.1. The third kappa shape index (κ3) is 2.65. The van der Waals surface area contributed by atoms with Crippen LogP contribution in [0.4, 0.5) is 0 Å². The largest absolute Gasteiger partial charge is 0.477 e. The monoisotopic (exact) mass is 223 g/mol. The standard InChI is InChI=1S/C13H21NO2/c1-5-10(4)14-11(8-9(2)3)6-7-12(14)13(15)16/h6-7,9-10H,5,8H2,1-4H3,(H,15,16)/t10-/m1/s1. The van der Waals surface area contributed by atoms with Crippen molar-refractivity contribution in [3.05, 3.63) is 23.5 Å². The van der Waals surface area contributed by atoms with E-state index in [9.17, 15) is 4.79 Å². The highest BCUT2D eigenvalue weighted by Gasteiger charge is 2.17. The fraction of sp³-hybridized carbons (Fsp3) is 0.615. The van der Waals surface area contributed by atoms with Crippen LogP contribution in [0.25, 0.3) is 0 Å². The van der Waals surface area contributed by atoms with Crippen LogP contribution in [-0.4, -0.2) is 15.6 Å². The molecule has 0 bridgehead atoms. The molecule has 0 spiro atoms. The maximum atomic E-state index is 11.1. The number of carboxylic acid groups (broad SMARTS) is 1. The van der Waals surface area contributed by atoms with Crippen LogP contribution in [0.3, 0.4) is 0 Å². The predicted molar refractivity (Wildman–Crippen MR) is 64.9 cm³/mol. The van der Waals surface area contributed by atoms with Crippen LogP contribution in [-0.2, 0) is 6.42 Å². The van der Waals surface area contributed by atoms with Crippen molar-refractivity contribution in [2.45, 2.75) is 46.6 Å². The van der Waals surface area contributed by atoms with Crippen molar-refractivity contribution in [3.63, 3.8) is 0 Å². The summed E-state index contributed by atoms with van der Waals surface area (Å²) in [7, 11) is 0. The molecule has 1 N–H and O–H groups in total. The summed E-state index contributed by atoms with van der Waals surface area (Å²) in [5, 5.41) is 9.14. The smallest absolute Gasteiger partial charge is 0.352 e. The molecule has 0 radical (unpaired) electrons. The summed E-state index contributed by atoms with van der Waals surface area (Å²) < 4.78 is 1.96. The number of carbonyl (C=O) groups is 1. The lowest BCUT2D eigenvalue weighted by Gasteiger charge is -2.19. The molecule has 1 aromatic heterocycles. The summed E-state index contributed by atoms with van der Waals surface area (Å²) in [5.74, 6) is -0.297. The molecule has 3 heteroatoms. The highest BCUT2D eigenvalue weighted by atomic mass is 16.4. The fourth-order valence-electron chi connectivity index (χ4n) is 1.95. The number of rotatable bonds is 5. The Morgan fingerprint density at radius 3 is 2.44 bits per heavy atom. The number of nitrogens with zero attached hydrogens (tertiary/aromatic N) is 1. The second-order valence-electron chi connectivity index (χ2n) is 4.74. The van der Waals surface area contributed by atoms with Crippen molar-refractivity contribution in [2.75, 3.05) is 0 Å². The summed E-state index contributed by atoms with van der Waals surface area (Å²) in [5.41, 5.74) is 1.53. The lowest BCUT2D eigenvalue weighted by Crippen LogP contribution is -2.15. The maximum absolute atomic E-state index is 11.1. The fourth-order valence-corrected chi connectivity index (χ4v) is 1.95. The van der Waals surface area contributed by atoms with Gasteiger partial charge in [0.2, 0.25) is 0 Å². The van der Waals surface area contributed by atoms with E-state index >= 15 is 0 Å². The first-order valence-electron chi connectivity index (χ1n) is 5.90. The number of carboxylic acids is 1. The first-order valence-corrected chi connectivity index (χ1v) is 5.90. The molecule has 0 aliphatic rings. The molecule has 1 rings (SSSR count). The zero-order valence-electron chi connectivity index (χ0n) is 10.5. The molecule has 0 aliphatic heterocycles. The Bertz CT molecular complexity index is 366. The molecule has 0 aromatic carbocycles. The Kier molecular flexibility index (Phi) is 4.16. The Morgan fingerprint density at radius 1 is 1.38 bits per heavy atom. The van der Waals surface area contributed by atoms with E-state index in [0.717, 1.165) is 18.5 Å². The molecule has 0 fully saturated rings. The molecular weight excluding hydrogens is 202 g/mol. The lowest BCUT2D eigenvalue weighted by molar-refractivity contribution is 0.0682. The highest BCUT2D eigenvalue weighted by Crippen LogP contribution is 2.21. The maximum Gasteiger partial charge on any atom is 0.352 e. The summed E-state index contributed by atoms with van der Waals surface area (Å²) >= 11 is 0. The Balaban J connectivity index is 3.14. The van der Waals surface area contributed by atoms with Crippen molar-refractivity contribution in [1.82, 2.24) is 4.57 Å². The molecule has 1 aromatic rings. The van der Waals surface area contributed by atoms with Crippen LogP contribution >= 0.6 is 0 Å². The second-order valence-corrected chi connectivity index (χ2v) is 4.74. The molecule has 0 aliphatic carbocycles. The quantitative estimate of drug-likeness (QED) is 0.831. The van der Waals surface area contributed by atoms with Crippen molar-refractivity contribution >= 4 is 5.97 Å². The van der Waals surface area contributed by atoms with E-state index in [1.807, 2.05) is 10.6 Å². The van der Waals surface area contributed by atoms with Gasteiger partial charge in [0.1, 0.15) is 5.69 Å². The van der Waals surface area contributed by atoms with Crippen LogP contribution in [0.15, 0.2) is 12.1 Å². The van der Waals surface area contributed by atoms with Crippen LogP contribution < -0.4 is 0 Å². The van der Waals surface area contributed by atoms with E-state index in [0.29, 0.717) is 11.6 Å². The predicted octanol–water partition coefficient (Wildman–Crippen LogP) is 3.36. The molecule has 90 valence electrons. The molecule has 1 atom stereocenters. The lowest BCUT2D eigenvalue weighted by atomic mass is 10.1. The van der Waals surface area contributed by atoms with Gasteiger partial charge in [-0.25, -0.2) is 4.79 Å². The van der Waals surface area contributed by atoms with Gasteiger partial charge in [-0.15, -0.1) is 0 Å². The molecule has 3 nitrogen and oxygen atoms in total. The number of hydrogen-bond donors (Lipinski definition) is 1. The molecule has 0 amide bonds. The summed E-state index contributed by atoms with van der Waals surface area (Å²) in [6.45, 7) is 8.44. The molecular formula is C13H21NO2. The Hall–Kier alpha value is -1.25. The molecule has 0 saturated carbocycles. The van der Waals surface area contributed by atoms with Crippen molar-refractivity contribution in [1.29, 1.82) is 0 Å². The first-order chi connectivity index (χ1) is 7.47. The van der Waals surface area contributed by atoms with Crippen LogP contribution in [0.2, 0.25) is 0 Å². The average Bonchev–Trinajstić information content (AvgIpc) is 2.59. The third-order valence-corrected chi connectivity index (χ3v) is 2.87. The topological polar surface area (TPSA) is 42.2 Å². The van der Waals surface area contributed by atoms with Gasteiger partial charge in [-0.2, -0.15) is 0 Å². The van der Waals surface area contributed by atoms with E-state index in [1.165, 1.54) is 0 Å². The van der Waals surface area contributed by atoms with Crippen molar-refractivity contribution < 1.29 is 9.90 Å². The minimum atomic E-state index is -0.838. The average molecular weight is 223 g/mol.